The zero-order chi connectivity index (χ0) is 16.3. The van der Waals surface area contributed by atoms with Crippen molar-refractivity contribution in [1.82, 2.24) is 4.90 Å². The predicted molar refractivity (Wildman–Crippen MR) is 86.0 cm³/mol. The second kappa shape index (κ2) is 6.87. The number of sulfone groups is 1. The fraction of sp³-hybridized carbons (Fsp3) is 0.533. The van der Waals surface area contributed by atoms with Gasteiger partial charge >= 0.3 is 0 Å². The number of likely N-dealkylation sites (N-methyl/N-ethyl adjacent to an activating group) is 1. The van der Waals surface area contributed by atoms with E-state index in [9.17, 15) is 13.2 Å². The van der Waals surface area contributed by atoms with Crippen LogP contribution in [0.15, 0.2) is 24.3 Å². The van der Waals surface area contributed by atoms with Crippen LogP contribution in [0.5, 0.6) is 5.75 Å². The second-order valence-electron chi connectivity index (χ2n) is 5.37. The summed E-state index contributed by atoms with van der Waals surface area (Å²) in [5.74, 6) is 0.400. The first kappa shape index (κ1) is 17.1. The van der Waals surface area contributed by atoms with Gasteiger partial charge in [0.15, 0.2) is 15.9 Å². The molecular weight excluding hydrogens is 326 g/mol. The second-order valence-corrected chi connectivity index (χ2v) is 8.01. The Labute approximate surface area is 136 Å². The van der Waals surface area contributed by atoms with E-state index in [2.05, 4.69) is 0 Å². The van der Waals surface area contributed by atoms with Gasteiger partial charge < -0.3 is 9.64 Å². The third-order valence-electron chi connectivity index (χ3n) is 3.76. The molecule has 5 nitrogen and oxygen atoms in total. The first-order valence-corrected chi connectivity index (χ1v) is 9.46. The van der Waals surface area contributed by atoms with Crippen molar-refractivity contribution in [2.75, 3.05) is 18.1 Å². The quantitative estimate of drug-likeness (QED) is 0.820. The minimum Gasteiger partial charge on any atom is -0.479 e. The van der Waals surface area contributed by atoms with Crippen molar-refractivity contribution in [3.8, 4) is 5.75 Å². The maximum Gasteiger partial charge on any atom is 0.263 e. The van der Waals surface area contributed by atoms with E-state index < -0.39 is 15.9 Å². The van der Waals surface area contributed by atoms with E-state index in [0.717, 1.165) is 0 Å². The van der Waals surface area contributed by atoms with Crippen LogP contribution in [0.4, 0.5) is 0 Å². The van der Waals surface area contributed by atoms with Gasteiger partial charge in [-0.3, -0.25) is 4.79 Å². The summed E-state index contributed by atoms with van der Waals surface area (Å²) in [5, 5.41) is 0.439. The van der Waals surface area contributed by atoms with Crippen LogP contribution in [-0.4, -0.2) is 49.4 Å². The van der Waals surface area contributed by atoms with E-state index >= 15 is 0 Å². The SMILES string of the molecule is CCN(C(=O)C(C)Oc1ccccc1Cl)C1CCS(=O)(=O)C1. The maximum atomic E-state index is 12.6. The van der Waals surface area contributed by atoms with Crippen molar-refractivity contribution < 1.29 is 17.9 Å². The molecule has 7 heteroatoms. The Balaban J connectivity index is 2.07. The molecule has 0 aliphatic carbocycles. The summed E-state index contributed by atoms with van der Waals surface area (Å²) in [4.78, 5) is 14.1. The van der Waals surface area contributed by atoms with Crippen LogP contribution in [0.1, 0.15) is 20.3 Å². The summed E-state index contributed by atoms with van der Waals surface area (Å²) in [6.07, 6.45) is -0.232. The van der Waals surface area contributed by atoms with E-state index in [1.54, 1.807) is 36.1 Å². The van der Waals surface area contributed by atoms with Gasteiger partial charge in [-0.25, -0.2) is 8.42 Å². The Kier molecular flexibility index (Phi) is 5.34. The van der Waals surface area contributed by atoms with Crippen molar-refractivity contribution >= 4 is 27.3 Å². The molecule has 2 unspecified atom stereocenters. The van der Waals surface area contributed by atoms with E-state index in [0.29, 0.717) is 23.7 Å². The molecule has 1 amide bonds. The molecule has 1 aliphatic rings. The van der Waals surface area contributed by atoms with Crippen LogP contribution in [0, 0.1) is 0 Å². The Morgan fingerprint density at radius 1 is 1.45 bits per heavy atom. The van der Waals surface area contributed by atoms with Gasteiger partial charge in [-0.1, -0.05) is 23.7 Å². The highest BCUT2D eigenvalue weighted by Gasteiger charge is 2.35. The van der Waals surface area contributed by atoms with Crippen LogP contribution in [0.3, 0.4) is 0 Å². The van der Waals surface area contributed by atoms with Gasteiger partial charge in [0.25, 0.3) is 5.91 Å². The summed E-state index contributed by atoms with van der Waals surface area (Å²) in [7, 11) is -3.03. The average molecular weight is 346 g/mol. The molecule has 0 bridgehead atoms. The van der Waals surface area contributed by atoms with Crippen molar-refractivity contribution in [3.63, 3.8) is 0 Å². The molecule has 1 aromatic carbocycles. The summed E-state index contributed by atoms with van der Waals surface area (Å²) in [6, 6.07) is 6.68. The molecule has 0 aromatic heterocycles. The minimum absolute atomic E-state index is 0.0331. The predicted octanol–water partition coefficient (Wildman–Crippen LogP) is 2.14. The van der Waals surface area contributed by atoms with Gasteiger partial charge in [-0.05, 0) is 32.4 Å². The van der Waals surface area contributed by atoms with Gasteiger partial charge in [0, 0.05) is 12.6 Å². The number of hydrogen-bond acceptors (Lipinski definition) is 4. The molecule has 0 N–H and O–H groups in total. The topological polar surface area (TPSA) is 63.7 Å². The Morgan fingerprint density at radius 2 is 2.14 bits per heavy atom. The molecule has 0 saturated carbocycles. The van der Waals surface area contributed by atoms with E-state index in [4.69, 9.17) is 16.3 Å². The number of para-hydroxylation sites is 1. The van der Waals surface area contributed by atoms with Gasteiger partial charge in [-0.2, -0.15) is 0 Å². The van der Waals surface area contributed by atoms with Gasteiger partial charge in [0.2, 0.25) is 0 Å². The lowest BCUT2D eigenvalue weighted by atomic mass is 10.2. The molecule has 0 spiro atoms. The number of amides is 1. The summed E-state index contributed by atoms with van der Waals surface area (Å²) in [6.45, 7) is 3.94. The highest BCUT2D eigenvalue weighted by Crippen LogP contribution is 2.25. The van der Waals surface area contributed by atoms with Crippen molar-refractivity contribution in [3.05, 3.63) is 29.3 Å². The van der Waals surface area contributed by atoms with Crippen LogP contribution in [0.25, 0.3) is 0 Å². The molecule has 2 rings (SSSR count). The number of ether oxygens (including phenoxy) is 1. The molecule has 1 heterocycles. The Bertz CT molecular complexity index is 647. The van der Waals surface area contributed by atoms with Crippen molar-refractivity contribution in [2.45, 2.75) is 32.4 Å². The van der Waals surface area contributed by atoms with E-state index in [1.165, 1.54) is 0 Å². The monoisotopic (exact) mass is 345 g/mol. The lowest BCUT2D eigenvalue weighted by molar-refractivity contribution is -0.139. The first-order valence-electron chi connectivity index (χ1n) is 7.26. The number of hydrogen-bond donors (Lipinski definition) is 0. The molecular formula is C15H20ClNO4S. The maximum absolute atomic E-state index is 12.6. The van der Waals surface area contributed by atoms with Crippen molar-refractivity contribution in [1.29, 1.82) is 0 Å². The summed E-state index contributed by atoms with van der Waals surface area (Å²) >= 11 is 6.02. The molecule has 1 aliphatic heterocycles. The fourth-order valence-electron chi connectivity index (χ4n) is 2.63. The minimum atomic E-state index is -3.03. The standard InChI is InChI=1S/C15H20ClNO4S/c1-3-17(12-8-9-22(19,20)10-12)15(18)11(2)21-14-7-5-4-6-13(14)16/h4-7,11-12H,3,8-10H2,1-2H3. The lowest BCUT2D eigenvalue weighted by Gasteiger charge is -2.29. The zero-order valence-electron chi connectivity index (χ0n) is 12.7. The third kappa shape index (κ3) is 3.93. The molecule has 22 heavy (non-hydrogen) atoms. The number of rotatable bonds is 5. The first-order chi connectivity index (χ1) is 10.3. The Hall–Kier alpha value is -1.27. The molecule has 1 fully saturated rings. The van der Waals surface area contributed by atoms with E-state index in [-0.39, 0.29) is 23.5 Å². The number of nitrogens with zero attached hydrogens (tertiary/aromatic N) is 1. The third-order valence-corrected chi connectivity index (χ3v) is 5.82. The average Bonchev–Trinajstić information content (AvgIpc) is 2.82. The highest BCUT2D eigenvalue weighted by atomic mass is 35.5. The normalized spacial score (nSPS) is 21.3. The number of carbonyl (C=O) groups is 1. The fourth-order valence-corrected chi connectivity index (χ4v) is 4.54. The summed E-state index contributed by atoms with van der Waals surface area (Å²) in [5.41, 5.74) is 0. The molecule has 122 valence electrons. The van der Waals surface area contributed by atoms with Crippen molar-refractivity contribution in [2.24, 2.45) is 0 Å². The number of carbonyl (C=O) groups excluding carboxylic acids is 1. The van der Waals surface area contributed by atoms with Crippen LogP contribution < -0.4 is 4.74 Å². The zero-order valence-corrected chi connectivity index (χ0v) is 14.2. The largest absolute Gasteiger partial charge is 0.479 e. The molecule has 1 aromatic rings. The van der Waals surface area contributed by atoms with Gasteiger partial charge in [0.1, 0.15) is 5.75 Å². The molecule has 0 radical (unpaired) electrons. The highest BCUT2D eigenvalue weighted by molar-refractivity contribution is 7.91. The summed E-state index contributed by atoms with van der Waals surface area (Å²) < 4.78 is 28.8. The van der Waals surface area contributed by atoms with E-state index in [1.807, 2.05) is 6.92 Å². The van der Waals surface area contributed by atoms with Crippen LogP contribution >= 0.6 is 11.6 Å². The lowest BCUT2D eigenvalue weighted by Crippen LogP contribution is -2.46. The van der Waals surface area contributed by atoms with Crippen LogP contribution in [-0.2, 0) is 14.6 Å². The van der Waals surface area contributed by atoms with Gasteiger partial charge in [-0.15, -0.1) is 0 Å². The molecule has 1 saturated heterocycles. The smallest absolute Gasteiger partial charge is 0.263 e. The molecule has 2 atom stereocenters. The van der Waals surface area contributed by atoms with Gasteiger partial charge in [0.05, 0.1) is 16.5 Å². The van der Waals surface area contributed by atoms with Crippen LogP contribution in [0.2, 0.25) is 5.02 Å². The number of halogens is 1. The Morgan fingerprint density at radius 3 is 2.68 bits per heavy atom. The number of benzene rings is 1.